The normalized spacial score (nSPS) is 11.4. The molecule has 1 heterocycles. The topological polar surface area (TPSA) is 107 Å². The lowest BCUT2D eigenvalue weighted by molar-refractivity contribution is 0.0951. The quantitative estimate of drug-likeness (QED) is 0.581. The van der Waals surface area contributed by atoms with Gasteiger partial charge in [0.25, 0.3) is 5.91 Å². The average Bonchev–Trinajstić information content (AvgIpc) is 2.67. The van der Waals surface area contributed by atoms with Crippen LogP contribution in [0, 0.1) is 0 Å². The van der Waals surface area contributed by atoms with Crippen LogP contribution >= 0.6 is 0 Å². The second-order valence-corrected chi connectivity index (χ2v) is 8.04. The van der Waals surface area contributed by atoms with E-state index in [4.69, 9.17) is 9.47 Å². The van der Waals surface area contributed by atoms with E-state index in [0.29, 0.717) is 18.0 Å². The van der Waals surface area contributed by atoms with Crippen LogP contribution in [0.3, 0.4) is 0 Å². The van der Waals surface area contributed by atoms with Gasteiger partial charge in [0.1, 0.15) is 0 Å². The van der Waals surface area contributed by atoms with Gasteiger partial charge in [-0.25, -0.2) is 18.1 Å². The third-order valence-electron chi connectivity index (χ3n) is 3.63. The van der Waals surface area contributed by atoms with Crippen LogP contribution in [0.1, 0.15) is 29.8 Å². The van der Waals surface area contributed by atoms with Gasteiger partial charge < -0.3 is 14.8 Å². The van der Waals surface area contributed by atoms with Crippen molar-refractivity contribution in [3.05, 3.63) is 53.7 Å². The van der Waals surface area contributed by atoms with Gasteiger partial charge in [-0.2, -0.15) is 0 Å². The minimum atomic E-state index is -3.62. The smallest absolute Gasteiger partial charge is 0.251 e. The van der Waals surface area contributed by atoms with Crippen molar-refractivity contribution in [2.75, 3.05) is 20.3 Å². The number of rotatable bonds is 10. The summed E-state index contributed by atoms with van der Waals surface area (Å²) >= 11 is 0. The van der Waals surface area contributed by atoms with Crippen LogP contribution in [0.25, 0.3) is 0 Å². The van der Waals surface area contributed by atoms with Crippen molar-refractivity contribution in [1.82, 2.24) is 15.0 Å². The first-order valence-corrected chi connectivity index (χ1v) is 10.3. The molecule has 0 radical (unpaired) electrons. The van der Waals surface area contributed by atoms with E-state index in [1.165, 1.54) is 31.4 Å². The third-order valence-corrected chi connectivity index (χ3v) is 5.11. The fourth-order valence-corrected chi connectivity index (χ4v) is 3.27. The summed E-state index contributed by atoms with van der Waals surface area (Å²) in [5.41, 5.74) is 1.19. The molecule has 0 fully saturated rings. The molecule has 0 aliphatic rings. The number of nitrogens with one attached hydrogen (secondary N) is 2. The minimum absolute atomic E-state index is 0.0417. The second-order valence-electron chi connectivity index (χ2n) is 6.27. The summed E-state index contributed by atoms with van der Waals surface area (Å²) in [7, 11) is -2.13. The maximum Gasteiger partial charge on any atom is 0.251 e. The van der Waals surface area contributed by atoms with Crippen molar-refractivity contribution < 1.29 is 22.7 Å². The van der Waals surface area contributed by atoms with E-state index in [1.54, 1.807) is 12.3 Å². The van der Waals surface area contributed by atoms with E-state index in [2.05, 4.69) is 15.0 Å². The molecule has 8 nitrogen and oxygen atoms in total. The monoisotopic (exact) mass is 407 g/mol. The van der Waals surface area contributed by atoms with Gasteiger partial charge in [-0.1, -0.05) is 6.07 Å². The Labute approximate surface area is 165 Å². The highest BCUT2D eigenvalue weighted by atomic mass is 32.2. The molecule has 0 bridgehead atoms. The number of carbonyl (C=O) groups excluding carboxylic acids is 1. The summed E-state index contributed by atoms with van der Waals surface area (Å²) in [4.78, 5) is 16.5. The molecular formula is C19H25N3O5S. The first-order chi connectivity index (χ1) is 13.3. The molecule has 2 aromatic rings. The van der Waals surface area contributed by atoms with Gasteiger partial charge in [0.05, 0.1) is 17.6 Å². The van der Waals surface area contributed by atoms with Crippen LogP contribution in [0.2, 0.25) is 0 Å². The van der Waals surface area contributed by atoms with E-state index < -0.39 is 10.0 Å². The van der Waals surface area contributed by atoms with Crippen molar-refractivity contribution >= 4 is 15.9 Å². The molecule has 0 saturated heterocycles. The van der Waals surface area contributed by atoms with Crippen LogP contribution in [0.5, 0.6) is 5.88 Å². The Kier molecular flexibility index (Phi) is 7.91. The summed E-state index contributed by atoms with van der Waals surface area (Å²) in [6.07, 6.45) is 1.68. The number of benzene rings is 1. The predicted octanol–water partition coefficient (Wildman–Crippen LogP) is 1.72. The van der Waals surface area contributed by atoms with E-state index in [9.17, 15) is 13.2 Å². The number of amides is 1. The molecule has 2 rings (SSSR count). The number of hydrogen-bond donors (Lipinski definition) is 2. The van der Waals surface area contributed by atoms with Crippen LogP contribution in [0.4, 0.5) is 0 Å². The number of nitrogens with zero attached hydrogens (tertiary/aromatic N) is 1. The Hall–Kier alpha value is -2.49. The Morgan fingerprint density at radius 2 is 1.86 bits per heavy atom. The van der Waals surface area contributed by atoms with Gasteiger partial charge in [-0.15, -0.1) is 0 Å². The molecule has 1 aromatic carbocycles. The zero-order chi connectivity index (χ0) is 20.6. The lowest BCUT2D eigenvalue weighted by Crippen LogP contribution is -2.27. The SMILES string of the molecule is COCCNS(=O)(=O)c1ccc(C(=O)NCc2ccc(OC(C)C)nc2)cc1. The molecule has 1 aromatic heterocycles. The highest BCUT2D eigenvalue weighted by Crippen LogP contribution is 2.12. The van der Waals surface area contributed by atoms with Gasteiger partial charge in [0.2, 0.25) is 15.9 Å². The molecule has 0 atom stereocenters. The molecule has 0 spiro atoms. The molecule has 0 unspecified atom stereocenters. The van der Waals surface area contributed by atoms with Crippen LogP contribution in [-0.4, -0.2) is 45.7 Å². The number of methoxy groups -OCH3 is 1. The molecule has 152 valence electrons. The molecular weight excluding hydrogens is 382 g/mol. The predicted molar refractivity (Wildman–Crippen MR) is 105 cm³/mol. The molecule has 2 N–H and O–H groups in total. The summed E-state index contributed by atoms with van der Waals surface area (Å²) in [5, 5.41) is 2.77. The number of carbonyl (C=O) groups is 1. The fourth-order valence-electron chi connectivity index (χ4n) is 2.26. The van der Waals surface area contributed by atoms with Gasteiger partial charge in [0.15, 0.2) is 0 Å². The second kappa shape index (κ2) is 10.2. The van der Waals surface area contributed by atoms with Crippen LogP contribution < -0.4 is 14.8 Å². The van der Waals surface area contributed by atoms with E-state index >= 15 is 0 Å². The van der Waals surface area contributed by atoms with Crippen molar-refractivity contribution in [2.24, 2.45) is 0 Å². The largest absolute Gasteiger partial charge is 0.475 e. The van der Waals surface area contributed by atoms with E-state index in [0.717, 1.165) is 5.56 Å². The molecule has 1 amide bonds. The van der Waals surface area contributed by atoms with Crippen molar-refractivity contribution in [2.45, 2.75) is 31.4 Å². The zero-order valence-electron chi connectivity index (χ0n) is 16.1. The number of sulfonamides is 1. The average molecular weight is 407 g/mol. The van der Waals surface area contributed by atoms with Crippen LogP contribution in [0.15, 0.2) is 47.5 Å². The van der Waals surface area contributed by atoms with Crippen molar-refractivity contribution in [3.63, 3.8) is 0 Å². The van der Waals surface area contributed by atoms with E-state index in [1.807, 2.05) is 19.9 Å². The first-order valence-electron chi connectivity index (χ1n) is 8.80. The maximum absolute atomic E-state index is 12.3. The summed E-state index contributed by atoms with van der Waals surface area (Å²) in [6, 6.07) is 9.30. The lowest BCUT2D eigenvalue weighted by atomic mass is 10.2. The molecule has 9 heteroatoms. The van der Waals surface area contributed by atoms with Crippen LogP contribution in [-0.2, 0) is 21.3 Å². The highest BCUT2D eigenvalue weighted by Gasteiger charge is 2.14. The standard InChI is InChI=1S/C19H25N3O5S/c1-14(2)27-18-9-4-15(12-20-18)13-21-19(23)16-5-7-17(8-6-16)28(24,25)22-10-11-26-3/h4-9,12,14,22H,10-11,13H2,1-3H3,(H,21,23). The summed E-state index contributed by atoms with van der Waals surface area (Å²) < 4.78 is 36.9. The zero-order valence-corrected chi connectivity index (χ0v) is 17.0. The van der Waals surface area contributed by atoms with E-state index in [-0.39, 0.29) is 30.1 Å². The molecule has 0 saturated carbocycles. The molecule has 0 aliphatic heterocycles. The summed E-state index contributed by atoms with van der Waals surface area (Å²) in [6.45, 7) is 4.59. The maximum atomic E-state index is 12.3. The van der Waals surface area contributed by atoms with Crippen molar-refractivity contribution in [3.8, 4) is 5.88 Å². The molecule has 0 aliphatic carbocycles. The van der Waals surface area contributed by atoms with Gasteiger partial charge in [-0.3, -0.25) is 4.79 Å². The lowest BCUT2D eigenvalue weighted by Gasteiger charge is -2.10. The Morgan fingerprint density at radius 3 is 2.43 bits per heavy atom. The Morgan fingerprint density at radius 1 is 1.14 bits per heavy atom. The third kappa shape index (κ3) is 6.59. The first kappa shape index (κ1) is 21.8. The molecule has 28 heavy (non-hydrogen) atoms. The summed E-state index contributed by atoms with van der Waals surface area (Å²) in [5.74, 6) is 0.222. The number of ether oxygens (including phenoxy) is 2. The fraction of sp³-hybridized carbons (Fsp3) is 0.368. The number of hydrogen-bond acceptors (Lipinski definition) is 6. The Balaban J connectivity index is 1.92. The highest BCUT2D eigenvalue weighted by molar-refractivity contribution is 7.89. The van der Waals surface area contributed by atoms with Gasteiger partial charge in [-0.05, 0) is 43.7 Å². The van der Waals surface area contributed by atoms with Crippen molar-refractivity contribution in [1.29, 1.82) is 0 Å². The van der Waals surface area contributed by atoms with Gasteiger partial charge in [0, 0.05) is 38.0 Å². The number of aromatic nitrogens is 1. The minimum Gasteiger partial charge on any atom is -0.475 e. The Bertz CT molecular complexity index is 865. The number of pyridine rings is 1. The van der Waals surface area contributed by atoms with Gasteiger partial charge >= 0.3 is 0 Å².